The van der Waals surface area contributed by atoms with Crippen molar-refractivity contribution in [1.82, 2.24) is 9.88 Å². The fourth-order valence-electron chi connectivity index (χ4n) is 1.91. The minimum atomic E-state index is -1.04. The number of aromatic carboxylic acids is 1. The number of rotatable bonds is 4. The van der Waals surface area contributed by atoms with E-state index in [9.17, 15) is 9.59 Å². The van der Waals surface area contributed by atoms with Crippen molar-refractivity contribution in [2.75, 3.05) is 26.3 Å². The number of carboxylic acid groups (broad SMARTS) is 1. The van der Waals surface area contributed by atoms with Gasteiger partial charge in [0.15, 0.2) is 0 Å². The van der Waals surface area contributed by atoms with Crippen LogP contribution in [0.4, 0.5) is 0 Å². The summed E-state index contributed by atoms with van der Waals surface area (Å²) in [6.45, 7) is 4.03. The molecule has 1 amide bonds. The Bertz CT molecular complexity index is 503. The van der Waals surface area contributed by atoms with E-state index in [1.165, 1.54) is 24.0 Å². The van der Waals surface area contributed by atoms with Crippen molar-refractivity contribution in [1.29, 1.82) is 0 Å². The molecule has 7 heteroatoms. The molecule has 1 aromatic heterocycles. The summed E-state index contributed by atoms with van der Waals surface area (Å²) in [5, 5.41) is 9.10. The second-order valence-corrected chi connectivity index (χ2v) is 5.69. The fourth-order valence-corrected chi connectivity index (χ4v) is 2.90. The SMILES string of the molecule is CC(Sc1ncccc1C(=O)O)C(=O)N1CCOCC1. The highest BCUT2D eigenvalue weighted by Crippen LogP contribution is 2.26. The molecule has 0 aromatic carbocycles. The molecule has 0 spiro atoms. The monoisotopic (exact) mass is 296 g/mol. The van der Waals surface area contributed by atoms with E-state index in [1.807, 2.05) is 0 Å². The second kappa shape index (κ2) is 6.71. The minimum absolute atomic E-state index is 0.0136. The van der Waals surface area contributed by atoms with Crippen LogP contribution >= 0.6 is 11.8 Å². The molecular formula is C13H16N2O4S. The number of morpholine rings is 1. The molecule has 2 rings (SSSR count). The van der Waals surface area contributed by atoms with Gasteiger partial charge in [0.05, 0.1) is 24.0 Å². The van der Waals surface area contributed by atoms with Crippen molar-refractivity contribution in [3.05, 3.63) is 23.9 Å². The summed E-state index contributed by atoms with van der Waals surface area (Å²) in [6, 6.07) is 3.06. The van der Waals surface area contributed by atoms with E-state index < -0.39 is 5.97 Å². The van der Waals surface area contributed by atoms with Crippen LogP contribution in [0.15, 0.2) is 23.4 Å². The van der Waals surface area contributed by atoms with Crippen LogP contribution < -0.4 is 0 Å². The summed E-state index contributed by atoms with van der Waals surface area (Å²) in [4.78, 5) is 29.2. The van der Waals surface area contributed by atoms with Gasteiger partial charge in [-0.3, -0.25) is 4.79 Å². The predicted molar refractivity (Wildman–Crippen MR) is 73.9 cm³/mol. The van der Waals surface area contributed by atoms with Crippen LogP contribution in [-0.2, 0) is 9.53 Å². The number of hydrogen-bond donors (Lipinski definition) is 1. The first-order chi connectivity index (χ1) is 9.59. The van der Waals surface area contributed by atoms with Gasteiger partial charge >= 0.3 is 5.97 Å². The van der Waals surface area contributed by atoms with Crippen molar-refractivity contribution in [3.63, 3.8) is 0 Å². The van der Waals surface area contributed by atoms with Crippen LogP contribution in [0.1, 0.15) is 17.3 Å². The molecule has 108 valence electrons. The summed E-state index contributed by atoms with van der Waals surface area (Å²) in [6.07, 6.45) is 1.53. The van der Waals surface area contributed by atoms with E-state index in [0.29, 0.717) is 31.3 Å². The highest BCUT2D eigenvalue weighted by atomic mass is 32.2. The van der Waals surface area contributed by atoms with E-state index in [-0.39, 0.29) is 16.7 Å². The van der Waals surface area contributed by atoms with E-state index in [4.69, 9.17) is 9.84 Å². The number of thioether (sulfide) groups is 1. The van der Waals surface area contributed by atoms with Gasteiger partial charge in [0.2, 0.25) is 5.91 Å². The average molecular weight is 296 g/mol. The Morgan fingerprint density at radius 2 is 2.15 bits per heavy atom. The lowest BCUT2D eigenvalue weighted by molar-refractivity contribution is -0.134. The Hall–Kier alpha value is -1.60. The zero-order chi connectivity index (χ0) is 14.5. The van der Waals surface area contributed by atoms with Gasteiger partial charge in [-0.15, -0.1) is 0 Å². The molecule has 0 saturated carbocycles. The van der Waals surface area contributed by atoms with Crippen molar-refractivity contribution in [2.45, 2.75) is 17.2 Å². The third-order valence-electron chi connectivity index (χ3n) is 2.96. The number of amides is 1. The lowest BCUT2D eigenvalue weighted by Crippen LogP contribution is -2.44. The fraction of sp³-hybridized carbons (Fsp3) is 0.462. The largest absolute Gasteiger partial charge is 0.478 e. The van der Waals surface area contributed by atoms with Gasteiger partial charge in [-0.25, -0.2) is 9.78 Å². The van der Waals surface area contributed by atoms with E-state index in [0.717, 1.165) is 0 Å². The Balaban J connectivity index is 2.05. The van der Waals surface area contributed by atoms with E-state index in [1.54, 1.807) is 17.9 Å². The summed E-state index contributed by atoms with van der Waals surface area (Å²) < 4.78 is 5.21. The number of hydrogen-bond acceptors (Lipinski definition) is 5. The predicted octanol–water partition coefficient (Wildman–Crippen LogP) is 1.12. The van der Waals surface area contributed by atoms with Gasteiger partial charge < -0.3 is 14.7 Å². The first-order valence-electron chi connectivity index (χ1n) is 6.31. The molecule has 6 nitrogen and oxygen atoms in total. The molecule has 20 heavy (non-hydrogen) atoms. The standard InChI is InChI=1S/C13H16N2O4S/c1-9(12(16)15-5-7-19-8-6-15)20-11-10(13(17)18)3-2-4-14-11/h2-4,9H,5-8H2,1H3,(H,17,18). The number of aromatic nitrogens is 1. The van der Waals surface area contributed by atoms with Crippen molar-refractivity contribution in [2.24, 2.45) is 0 Å². The molecule has 1 N–H and O–H groups in total. The van der Waals surface area contributed by atoms with E-state index >= 15 is 0 Å². The van der Waals surface area contributed by atoms with Crippen LogP contribution in [0.25, 0.3) is 0 Å². The van der Waals surface area contributed by atoms with E-state index in [2.05, 4.69) is 4.98 Å². The van der Waals surface area contributed by atoms with Crippen molar-refractivity contribution >= 4 is 23.6 Å². The first-order valence-corrected chi connectivity index (χ1v) is 7.19. The lowest BCUT2D eigenvalue weighted by Gasteiger charge is -2.29. The van der Waals surface area contributed by atoms with Crippen LogP contribution in [0.5, 0.6) is 0 Å². The Morgan fingerprint density at radius 3 is 2.80 bits per heavy atom. The van der Waals surface area contributed by atoms with Crippen LogP contribution in [0.3, 0.4) is 0 Å². The molecule has 1 atom stereocenters. The first kappa shape index (κ1) is 14.8. The molecule has 0 bridgehead atoms. The molecule has 1 saturated heterocycles. The van der Waals surface area contributed by atoms with Gasteiger partial charge in [-0.1, -0.05) is 11.8 Å². The van der Waals surface area contributed by atoms with Crippen molar-refractivity contribution in [3.8, 4) is 0 Å². The van der Waals surface area contributed by atoms with Crippen molar-refractivity contribution < 1.29 is 19.4 Å². The molecule has 0 radical (unpaired) electrons. The molecule has 1 fully saturated rings. The average Bonchev–Trinajstić information content (AvgIpc) is 2.47. The quantitative estimate of drug-likeness (QED) is 0.839. The summed E-state index contributed by atoms with van der Waals surface area (Å²) in [5.74, 6) is -1.05. The van der Waals surface area contributed by atoms with Crippen LogP contribution in [0, 0.1) is 0 Å². The van der Waals surface area contributed by atoms with Gasteiger partial charge in [-0.2, -0.15) is 0 Å². The normalized spacial score (nSPS) is 16.8. The number of carboxylic acids is 1. The number of pyridine rings is 1. The Morgan fingerprint density at radius 1 is 1.45 bits per heavy atom. The molecule has 2 heterocycles. The van der Waals surface area contributed by atoms with Gasteiger partial charge in [0, 0.05) is 19.3 Å². The number of nitrogens with zero attached hydrogens (tertiary/aromatic N) is 2. The number of carbonyl (C=O) groups excluding carboxylic acids is 1. The molecule has 1 aliphatic rings. The summed E-state index contributed by atoms with van der Waals surface area (Å²) in [5.41, 5.74) is 0.124. The maximum absolute atomic E-state index is 12.3. The molecular weight excluding hydrogens is 280 g/mol. The zero-order valence-electron chi connectivity index (χ0n) is 11.1. The second-order valence-electron chi connectivity index (χ2n) is 4.36. The molecule has 0 aliphatic carbocycles. The molecule has 1 aliphatic heterocycles. The minimum Gasteiger partial charge on any atom is -0.478 e. The van der Waals surface area contributed by atoms with Gasteiger partial charge in [0.1, 0.15) is 5.03 Å². The van der Waals surface area contributed by atoms with Crippen LogP contribution in [0.2, 0.25) is 0 Å². The summed E-state index contributed by atoms with van der Waals surface area (Å²) in [7, 11) is 0. The Kier molecular flexibility index (Phi) is 4.97. The maximum atomic E-state index is 12.3. The zero-order valence-corrected chi connectivity index (χ0v) is 11.9. The Labute approximate surface area is 121 Å². The number of ether oxygens (including phenoxy) is 1. The maximum Gasteiger partial charge on any atom is 0.338 e. The topological polar surface area (TPSA) is 79.7 Å². The molecule has 1 aromatic rings. The third kappa shape index (κ3) is 3.49. The summed E-state index contributed by atoms with van der Waals surface area (Å²) >= 11 is 1.18. The van der Waals surface area contributed by atoms with Crippen LogP contribution in [-0.4, -0.2) is 58.4 Å². The smallest absolute Gasteiger partial charge is 0.338 e. The molecule has 1 unspecified atom stereocenters. The highest BCUT2D eigenvalue weighted by molar-refractivity contribution is 8.00. The van der Waals surface area contributed by atoms with Gasteiger partial charge in [-0.05, 0) is 19.1 Å². The lowest BCUT2D eigenvalue weighted by atomic mass is 10.3. The number of carbonyl (C=O) groups is 2. The highest BCUT2D eigenvalue weighted by Gasteiger charge is 2.25. The van der Waals surface area contributed by atoms with Gasteiger partial charge in [0.25, 0.3) is 0 Å². The third-order valence-corrected chi connectivity index (χ3v) is 4.06.